The van der Waals surface area contributed by atoms with E-state index in [1.54, 1.807) is 38.1 Å². The Morgan fingerprint density at radius 1 is 1.06 bits per heavy atom. The van der Waals surface area contributed by atoms with E-state index in [-0.39, 0.29) is 29.3 Å². The molecule has 1 aliphatic rings. The lowest BCUT2D eigenvalue weighted by Gasteiger charge is -2.35. The van der Waals surface area contributed by atoms with Crippen LogP contribution >= 0.6 is 0 Å². The van der Waals surface area contributed by atoms with Gasteiger partial charge in [-0.15, -0.1) is 0 Å². The lowest BCUT2D eigenvalue weighted by molar-refractivity contribution is -0.132. The number of anilines is 5. The maximum Gasteiger partial charge on any atom is 0.271 e. The topological polar surface area (TPSA) is 120 Å². The third-order valence-corrected chi connectivity index (χ3v) is 5.13. The van der Waals surface area contributed by atoms with Gasteiger partial charge in [0, 0.05) is 24.9 Å². The number of hydrogen-bond donors (Lipinski definition) is 2. The van der Waals surface area contributed by atoms with E-state index in [4.69, 9.17) is 18.9 Å². The number of amides is 1. The van der Waals surface area contributed by atoms with Gasteiger partial charge in [-0.1, -0.05) is 0 Å². The summed E-state index contributed by atoms with van der Waals surface area (Å²) in [5.74, 6) is 0.960. The summed E-state index contributed by atoms with van der Waals surface area (Å²) in [6.07, 6.45) is 1.01. The van der Waals surface area contributed by atoms with Crippen LogP contribution in [-0.2, 0) is 4.79 Å². The van der Waals surface area contributed by atoms with Crippen LogP contribution in [0.1, 0.15) is 13.8 Å². The number of halogens is 1. The average molecular weight is 483 g/mol. The molecule has 0 atom stereocenters. The summed E-state index contributed by atoms with van der Waals surface area (Å²) in [5, 5.41) is 5.78. The minimum absolute atomic E-state index is 0.0974. The maximum atomic E-state index is 14.5. The number of ether oxygens (including phenoxy) is 4. The van der Waals surface area contributed by atoms with Gasteiger partial charge < -0.3 is 29.6 Å². The van der Waals surface area contributed by atoms with Crippen molar-refractivity contribution in [1.29, 1.82) is 0 Å². The number of pyridine rings is 1. The molecule has 1 aliphatic heterocycles. The SMILES string of the molecule is [CH2]N1C(=O)C(C)(C)Oc2ccc(Nc3nc(Nc4cc(OC)c(OC)c(OC)c4)ncc3F)nc21. The van der Waals surface area contributed by atoms with Crippen LogP contribution in [-0.4, -0.2) is 47.8 Å². The molecule has 0 unspecified atom stereocenters. The van der Waals surface area contributed by atoms with Crippen molar-refractivity contribution in [3.8, 4) is 23.0 Å². The van der Waals surface area contributed by atoms with Crippen molar-refractivity contribution in [2.45, 2.75) is 19.4 Å². The van der Waals surface area contributed by atoms with Gasteiger partial charge in [0.2, 0.25) is 11.7 Å². The zero-order valence-corrected chi connectivity index (χ0v) is 19.8. The summed E-state index contributed by atoms with van der Waals surface area (Å²) in [6.45, 7) is 3.28. The minimum Gasteiger partial charge on any atom is -0.493 e. The van der Waals surface area contributed by atoms with Crippen LogP contribution in [0.15, 0.2) is 30.5 Å². The Balaban J connectivity index is 1.60. The number of methoxy groups -OCH3 is 3. The molecule has 0 fully saturated rings. The Morgan fingerprint density at radius 2 is 1.74 bits per heavy atom. The van der Waals surface area contributed by atoms with Crippen molar-refractivity contribution in [1.82, 2.24) is 15.0 Å². The highest BCUT2D eigenvalue weighted by atomic mass is 19.1. The number of nitrogens with zero attached hydrogens (tertiary/aromatic N) is 4. The largest absolute Gasteiger partial charge is 0.493 e. The number of benzene rings is 1. The second kappa shape index (κ2) is 9.12. The Labute approximate surface area is 201 Å². The van der Waals surface area contributed by atoms with Crippen molar-refractivity contribution in [3.63, 3.8) is 0 Å². The van der Waals surface area contributed by atoms with Gasteiger partial charge in [-0.05, 0) is 26.0 Å². The van der Waals surface area contributed by atoms with Crippen LogP contribution in [0.5, 0.6) is 23.0 Å². The fraction of sp³-hybridized carbons (Fsp3) is 0.261. The van der Waals surface area contributed by atoms with Crippen molar-refractivity contribution in [3.05, 3.63) is 43.3 Å². The predicted octanol–water partition coefficient (Wildman–Crippen LogP) is 3.82. The maximum absolute atomic E-state index is 14.5. The summed E-state index contributed by atoms with van der Waals surface area (Å²) in [5.41, 5.74) is -0.549. The van der Waals surface area contributed by atoms with E-state index in [2.05, 4.69) is 32.6 Å². The van der Waals surface area contributed by atoms with Gasteiger partial charge in [-0.3, -0.25) is 9.69 Å². The minimum atomic E-state index is -1.07. The lowest BCUT2D eigenvalue weighted by Crippen LogP contribution is -2.50. The Morgan fingerprint density at radius 3 is 2.37 bits per heavy atom. The lowest BCUT2D eigenvalue weighted by atomic mass is 10.1. The molecule has 3 aromatic rings. The summed E-state index contributed by atoms with van der Waals surface area (Å²) >= 11 is 0. The molecule has 1 radical (unpaired) electrons. The van der Waals surface area contributed by atoms with Crippen LogP contribution in [0.2, 0.25) is 0 Å². The van der Waals surface area contributed by atoms with Crippen molar-refractivity contribution in [2.24, 2.45) is 0 Å². The smallest absolute Gasteiger partial charge is 0.271 e. The molecule has 12 heteroatoms. The second-order valence-electron chi connectivity index (χ2n) is 7.92. The monoisotopic (exact) mass is 483 g/mol. The Hall–Kier alpha value is -4.35. The van der Waals surface area contributed by atoms with Gasteiger partial charge in [0.05, 0.1) is 27.5 Å². The molecule has 11 nitrogen and oxygen atoms in total. The van der Waals surface area contributed by atoms with Crippen LogP contribution < -0.4 is 34.5 Å². The average Bonchev–Trinajstić information content (AvgIpc) is 2.84. The first kappa shape index (κ1) is 23.8. The normalized spacial score (nSPS) is 14.0. The quantitative estimate of drug-likeness (QED) is 0.513. The molecule has 0 aliphatic carbocycles. The zero-order chi connectivity index (χ0) is 25.3. The van der Waals surface area contributed by atoms with E-state index < -0.39 is 11.4 Å². The highest BCUT2D eigenvalue weighted by Gasteiger charge is 2.40. The zero-order valence-electron chi connectivity index (χ0n) is 19.8. The molecule has 2 aromatic heterocycles. The summed E-state index contributed by atoms with van der Waals surface area (Å²) in [7, 11) is 8.25. The summed E-state index contributed by atoms with van der Waals surface area (Å²) in [6, 6.07) is 6.51. The molecule has 0 spiro atoms. The molecule has 1 aromatic carbocycles. The molecule has 0 saturated carbocycles. The highest BCUT2D eigenvalue weighted by Crippen LogP contribution is 2.41. The molecule has 183 valence electrons. The molecule has 1 amide bonds. The van der Waals surface area contributed by atoms with Gasteiger partial charge in [0.15, 0.2) is 40.3 Å². The van der Waals surface area contributed by atoms with E-state index in [1.165, 1.54) is 21.3 Å². The molecular weight excluding hydrogens is 459 g/mol. The fourth-order valence-electron chi connectivity index (χ4n) is 3.44. The van der Waals surface area contributed by atoms with E-state index in [9.17, 15) is 9.18 Å². The first-order chi connectivity index (χ1) is 16.7. The highest BCUT2D eigenvalue weighted by molar-refractivity contribution is 6.01. The third kappa shape index (κ3) is 4.54. The molecular formula is C23H24FN6O5. The van der Waals surface area contributed by atoms with Crippen molar-refractivity contribution in [2.75, 3.05) is 36.9 Å². The standard InChI is InChI=1S/C23H24FN6O5/c1-23(2)21(31)30(3)20-14(35-23)7-8-17(28-20)27-19-13(24)11-25-22(29-19)26-12-9-15(32-4)18(34-6)16(10-12)33-5/h7-11H,3H2,1-2,4-6H3,(H2,25,26,27,28,29). The molecule has 35 heavy (non-hydrogen) atoms. The Kier molecular flexibility index (Phi) is 6.20. The molecule has 4 rings (SSSR count). The first-order valence-corrected chi connectivity index (χ1v) is 10.4. The van der Waals surface area contributed by atoms with E-state index >= 15 is 0 Å². The number of hydrogen-bond acceptors (Lipinski definition) is 10. The van der Waals surface area contributed by atoms with Gasteiger partial charge in [0.1, 0.15) is 5.82 Å². The van der Waals surface area contributed by atoms with E-state index in [1.807, 2.05) is 0 Å². The van der Waals surface area contributed by atoms with Crippen molar-refractivity contribution < 1.29 is 28.1 Å². The van der Waals surface area contributed by atoms with E-state index in [0.717, 1.165) is 11.1 Å². The van der Waals surface area contributed by atoms with Gasteiger partial charge >= 0.3 is 0 Å². The number of aromatic nitrogens is 3. The Bertz CT molecular complexity index is 1260. The second-order valence-corrected chi connectivity index (χ2v) is 7.92. The van der Waals surface area contributed by atoms with E-state index in [0.29, 0.717) is 28.7 Å². The third-order valence-electron chi connectivity index (χ3n) is 5.13. The van der Waals surface area contributed by atoms with Crippen LogP contribution in [0, 0.1) is 12.9 Å². The van der Waals surface area contributed by atoms with Gasteiger partial charge in [-0.2, -0.15) is 4.98 Å². The van der Waals surface area contributed by atoms with Gasteiger partial charge in [-0.25, -0.2) is 14.4 Å². The number of nitrogens with one attached hydrogen (secondary N) is 2. The number of carbonyl (C=O) groups excluding carboxylic acids is 1. The summed E-state index contributed by atoms with van der Waals surface area (Å²) in [4.78, 5) is 26.1. The van der Waals surface area contributed by atoms with Crippen molar-refractivity contribution >= 4 is 35.0 Å². The molecule has 3 heterocycles. The number of fused-ring (bicyclic) bond motifs is 1. The van der Waals surface area contributed by atoms with Crippen LogP contribution in [0.4, 0.5) is 33.5 Å². The van der Waals surface area contributed by atoms with Crippen LogP contribution in [0.25, 0.3) is 0 Å². The number of carbonyl (C=O) groups is 1. The predicted molar refractivity (Wildman–Crippen MR) is 126 cm³/mol. The summed E-state index contributed by atoms with van der Waals surface area (Å²) < 4.78 is 36.2. The van der Waals surface area contributed by atoms with Crippen LogP contribution in [0.3, 0.4) is 0 Å². The molecule has 2 N–H and O–H groups in total. The number of rotatable bonds is 7. The molecule has 0 bridgehead atoms. The first-order valence-electron chi connectivity index (χ1n) is 10.4. The fourth-order valence-corrected chi connectivity index (χ4v) is 3.44. The van der Waals surface area contributed by atoms with Gasteiger partial charge in [0.25, 0.3) is 5.91 Å². The molecule has 0 saturated heterocycles.